The third kappa shape index (κ3) is 3.63. The van der Waals surface area contributed by atoms with Gasteiger partial charge in [-0.1, -0.05) is 5.11 Å². The molecule has 0 spiro atoms. The summed E-state index contributed by atoms with van der Waals surface area (Å²) >= 11 is 0. The molecule has 2 N–H and O–H groups in total. The Labute approximate surface area is 115 Å². The normalized spacial score (nSPS) is 9.85. The van der Waals surface area contributed by atoms with Gasteiger partial charge in [0.05, 0.1) is 7.11 Å². The Kier molecular flexibility index (Phi) is 4.80. The minimum Gasteiger partial charge on any atom is -0.497 e. The molecule has 0 bridgehead atoms. The molecule has 1 aromatic heterocycles. The summed E-state index contributed by atoms with van der Waals surface area (Å²) in [4.78, 5) is 5.77. The van der Waals surface area contributed by atoms with Crippen LogP contribution in [0.3, 0.4) is 0 Å². The molecule has 2 aromatic rings. The zero-order valence-electron chi connectivity index (χ0n) is 11.1. The van der Waals surface area contributed by atoms with Crippen molar-refractivity contribution in [2.45, 2.75) is 6.42 Å². The van der Waals surface area contributed by atoms with Gasteiger partial charge in [-0.05, 0) is 36.2 Å². The van der Waals surface area contributed by atoms with E-state index in [-0.39, 0.29) is 0 Å². The van der Waals surface area contributed by atoms with Crippen molar-refractivity contribution in [3.8, 4) is 17.1 Å². The van der Waals surface area contributed by atoms with Gasteiger partial charge < -0.3 is 15.0 Å². The Morgan fingerprint density at radius 1 is 1.35 bits per heavy atom. The summed E-state index contributed by atoms with van der Waals surface area (Å²) in [5.41, 5.74) is 9.08. The number of nitrogens with zero attached hydrogens (tertiary/aromatic N) is 5. The summed E-state index contributed by atoms with van der Waals surface area (Å²) in [6, 6.07) is 7.55. The highest BCUT2D eigenvalue weighted by atomic mass is 16.5. The monoisotopic (exact) mass is 273 g/mol. The van der Waals surface area contributed by atoms with Crippen LogP contribution < -0.4 is 10.1 Å². The molecule has 1 aromatic carbocycles. The van der Waals surface area contributed by atoms with E-state index in [0.717, 1.165) is 17.7 Å². The molecule has 0 fully saturated rings. The van der Waals surface area contributed by atoms with Gasteiger partial charge in [0.25, 0.3) is 0 Å². The summed E-state index contributed by atoms with van der Waals surface area (Å²) in [5, 5.41) is 14.6. The van der Waals surface area contributed by atoms with Crippen LogP contribution in [0, 0.1) is 0 Å². The van der Waals surface area contributed by atoms with Crippen LogP contribution in [0.1, 0.15) is 6.42 Å². The Hall–Kier alpha value is -2.73. The van der Waals surface area contributed by atoms with E-state index in [4.69, 9.17) is 10.3 Å². The van der Waals surface area contributed by atoms with Crippen LogP contribution in [0.5, 0.6) is 5.75 Å². The van der Waals surface area contributed by atoms with Gasteiger partial charge in [-0.2, -0.15) is 0 Å². The first-order chi connectivity index (χ1) is 9.83. The number of ether oxygens (including phenoxy) is 1. The lowest BCUT2D eigenvalue weighted by molar-refractivity contribution is 0.415. The second-order valence-electron chi connectivity index (χ2n) is 3.99. The number of azide groups is 1. The molecule has 0 aliphatic heterocycles. The van der Waals surface area contributed by atoms with Gasteiger partial charge in [0, 0.05) is 23.6 Å². The average Bonchev–Trinajstić information content (AvgIpc) is 2.96. The predicted octanol–water partition coefficient (Wildman–Crippen LogP) is 2.59. The number of nitrogens with one attached hydrogen (secondary N) is 2. The van der Waals surface area contributed by atoms with Crippen molar-refractivity contribution in [2.24, 2.45) is 5.11 Å². The van der Waals surface area contributed by atoms with E-state index in [2.05, 4.69) is 30.5 Å². The van der Waals surface area contributed by atoms with E-state index in [1.807, 2.05) is 24.3 Å². The highest BCUT2D eigenvalue weighted by molar-refractivity contribution is 5.57. The van der Waals surface area contributed by atoms with Crippen molar-refractivity contribution in [1.29, 1.82) is 0 Å². The number of hydrogen-bond acceptors (Lipinski definition) is 5. The molecule has 20 heavy (non-hydrogen) atoms. The molecule has 8 heteroatoms. The minimum absolute atomic E-state index is 0.461. The van der Waals surface area contributed by atoms with Gasteiger partial charge >= 0.3 is 0 Å². The molecular weight excluding hydrogens is 258 g/mol. The second-order valence-corrected chi connectivity index (χ2v) is 3.99. The van der Waals surface area contributed by atoms with Gasteiger partial charge in [-0.3, -0.25) is 0 Å². The van der Waals surface area contributed by atoms with Gasteiger partial charge in [-0.25, -0.2) is 0 Å². The quantitative estimate of drug-likeness (QED) is 0.349. The van der Waals surface area contributed by atoms with E-state index in [1.165, 1.54) is 0 Å². The zero-order chi connectivity index (χ0) is 14.2. The Morgan fingerprint density at radius 3 is 2.85 bits per heavy atom. The molecule has 1 heterocycles. The van der Waals surface area contributed by atoms with Crippen LogP contribution in [-0.4, -0.2) is 35.4 Å². The fourth-order valence-electron chi connectivity index (χ4n) is 1.62. The van der Waals surface area contributed by atoms with Crippen molar-refractivity contribution in [1.82, 2.24) is 15.2 Å². The number of aromatic nitrogens is 3. The third-order valence-corrected chi connectivity index (χ3v) is 2.64. The molecule has 0 atom stereocenters. The smallest absolute Gasteiger partial charge is 0.222 e. The van der Waals surface area contributed by atoms with Crippen molar-refractivity contribution in [3.63, 3.8) is 0 Å². The van der Waals surface area contributed by atoms with Gasteiger partial charge in [0.2, 0.25) is 5.95 Å². The van der Waals surface area contributed by atoms with Crippen LogP contribution in [0.25, 0.3) is 21.8 Å². The lowest BCUT2D eigenvalue weighted by atomic mass is 10.2. The number of rotatable bonds is 7. The van der Waals surface area contributed by atoms with Crippen molar-refractivity contribution in [2.75, 3.05) is 25.5 Å². The zero-order valence-corrected chi connectivity index (χ0v) is 11.1. The fraction of sp³-hybridized carbons (Fsp3) is 0.333. The van der Waals surface area contributed by atoms with Crippen molar-refractivity contribution >= 4 is 5.95 Å². The average molecular weight is 273 g/mol. The summed E-state index contributed by atoms with van der Waals surface area (Å²) in [6.45, 7) is 1.12. The number of hydrogen-bond donors (Lipinski definition) is 2. The molecular formula is C12H15N7O. The molecule has 2 rings (SSSR count). The first-order valence-electron chi connectivity index (χ1n) is 6.15. The van der Waals surface area contributed by atoms with Crippen molar-refractivity contribution in [3.05, 3.63) is 34.7 Å². The standard InChI is InChI=1S/C12H15N7O/c1-20-10-5-3-9(4-6-10)11-16-12(18-17-11)14-7-2-8-15-19-13/h3-6H,2,7-8H2,1H3,(H2,14,16,17,18). The van der Waals surface area contributed by atoms with Crippen LogP contribution in [0.4, 0.5) is 5.95 Å². The molecule has 0 radical (unpaired) electrons. The van der Waals surface area contributed by atoms with Gasteiger partial charge in [-0.15, -0.1) is 10.2 Å². The maximum Gasteiger partial charge on any atom is 0.222 e. The van der Waals surface area contributed by atoms with Crippen LogP contribution in [0.2, 0.25) is 0 Å². The Morgan fingerprint density at radius 2 is 2.15 bits per heavy atom. The van der Waals surface area contributed by atoms with Gasteiger partial charge in [0.15, 0.2) is 5.82 Å². The lowest BCUT2D eigenvalue weighted by Gasteiger charge is -2.00. The third-order valence-electron chi connectivity index (χ3n) is 2.64. The summed E-state index contributed by atoms with van der Waals surface area (Å²) < 4.78 is 5.10. The van der Waals surface area contributed by atoms with E-state index in [1.54, 1.807) is 7.11 Å². The molecule has 0 saturated carbocycles. The lowest BCUT2D eigenvalue weighted by Crippen LogP contribution is -2.04. The maximum atomic E-state index is 8.15. The Bertz CT molecular complexity index is 586. The van der Waals surface area contributed by atoms with E-state index in [9.17, 15) is 0 Å². The number of aromatic amines is 1. The van der Waals surface area contributed by atoms with E-state index >= 15 is 0 Å². The largest absolute Gasteiger partial charge is 0.497 e. The minimum atomic E-state index is 0.461. The number of H-pyrrole nitrogens is 1. The molecule has 0 amide bonds. The number of benzene rings is 1. The summed E-state index contributed by atoms with van der Waals surface area (Å²) in [7, 11) is 1.63. The second kappa shape index (κ2) is 7.01. The molecule has 0 aliphatic rings. The molecule has 0 saturated heterocycles. The molecule has 0 unspecified atom stereocenters. The van der Waals surface area contributed by atoms with Crippen LogP contribution >= 0.6 is 0 Å². The summed E-state index contributed by atoms with van der Waals surface area (Å²) in [5.74, 6) is 2.08. The number of methoxy groups -OCH3 is 1. The van der Waals surface area contributed by atoms with E-state index in [0.29, 0.717) is 24.9 Å². The fourth-order valence-corrected chi connectivity index (χ4v) is 1.62. The Balaban J connectivity index is 1.92. The molecule has 104 valence electrons. The number of anilines is 1. The highest BCUT2D eigenvalue weighted by Crippen LogP contribution is 2.19. The molecule has 8 nitrogen and oxygen atoms in total. The first-order valence-corrected chi connectivity index (χ1v) is 6.15. The van der Waals surface area contributed by atoms with Crippen molar-refractivity contribution < 1.29 is 4.74 Å². The van der Waals surface area contributed by atoms with Gasteiger partial charge in [0.1, 0.15) is 5.75 Å². The highest BCUT2D eigenvalue weighted by Gasteiger charge is 2.04. The summed E-state index contributed by atoms with van der Waals surface area (Å²) in [6.07, 6.45) is 0.739. The maximum absolute atomic E-state index is 8.15. The first kappa shape index (κ1) is 13.7. The SMILES string of the molecule is COc1ccc(-c2nnc(NCCCN=[N+]=[N-])[nH]2)cc1. The van der Waals surface area contributed by atoms with Crippen LogP contribution in [-0.2, 0) is 0 Å². The molecule has 0 aliphatic carbocycles. The van der Waals surface area contributed by atoms with E-state index < -0.39 is 0 Å². The van der Waals surface area contributed by atoms with Crippen LogP contribution in [0.15, 0.2) is 29.4 Å². The topological polar surface area (TPSA) is 112 Å². The predicted molar refractivity (Wildman–Crippen MR) is 75.5 cm³/mol.